The zero-order valence-corrected chi connectivity index (χ0v) is 14.2. The van der Waals surface area contributed by atoms with Gasteiger partial charge in [0, 0.05) is 6.54 Å². The van der Waals surface area contributed by atoms with E-state index in [9.17, 15) is 0 Å². The Morgan fingerprint density at radius 1 is 1.19 bits per heavy atom. The lowest BCUT2D eigenvalue weighted by Gasteiger charge is -2.14. The number of halogens is 1. The molecular weight excluding hydrogens is 336 g/mol. The van der Waals surface area contributed by atoms with E-state index in [0.717, 1.165) is 22.4 Å². The average Bonchev–Trinajstić information content (AvgIpc) is 2.79. The second kappa shape index (κ2) is 6.85. The van der Waals surface area contributed by atoms with E-state index in [1.807, 2.05) is 36.7 Å². The predicted octanol–water partition coefficient (Wildman–Crippen LogP) is 3.57. The first-order valence-corrected chi connectivity index (χ1v) is 7.47. The Morgan fingerprint density at radius 3 is 2.33 bits per heavy atom. The normalized spacial score (nSPS) is 10.5. The second-order valence-corrected chi connectivity index (χ2v) is 5.24. The summed E-state index contributed by atoms with van der Waals surface area (Å²) in [5.74, 6) is 1.88. The van der Waals surface area contributed by atoms with Crippen LogP contribution in [0.4, 0.5) is 0 Å². The fourth-order valence-electron chi connectivity index (χ4n) is 2.11. The molecule has 21 heavy (non-hydrogen) atoms. The molecule has 0 aliphatic carbocycles. The van der Waals surface area contributed by atoms with Crippen LogP contribution in [-0.2, 0) is 13.2 Å². The molecule has 1 aromatic carbocycles. The van der Waals surface area contributed by atoms with Crippen LogP contribution in [0.15, 0.2) is 22.7 Å². The van der Waals surface area contributed by atoms with Crippen LogP contribution < -0.4 is 14.2 Å². The third kappa shape index (κ3) is 3.15. The zero-order chi connectivity index (χ0) is 15.4. The molecule has 0 bridgehead atoms. The van der Waals surface area contributed by atoms with Gasteiger partial charge in [0.1, 0.15) is 6.61 Å². The Kier molecular flexibility index (Phi) is 5.12. The largest absolute Gasteiger partial charge is 0.493 e. The Balaban J connectivity index is 2.28. The molecule has 2 aromatic rings. The van der Waals surface area contributed by atoms with Crippen molar-refractivity contribution in [2.24, 2.45) is 0 Å². The fourth-order valence-corrected chi connectivity index (χ4v) is 2.51. The number of hydrogen-bond donors (Lipinski definition) is 0. The molecule has 5 nitrogen and oxygen atoms in total. The predicted molar refractivity (Wildman–Crippen MR) is 84.2 cm³/mol. The average molecular weight is 355 g/mol. The molecule has 0 spiro atoms. The van der Waals surface area contributed by atoms with E-state index in [1.54, 1.807) is 14.2 Å². The van der Waals surface area contributed by atoms with Crippen molar-refractivity contribution in [1.82, 2.24) is 9.78 Å². The number of benzene rings is 1. The molecule has 0 radical (unpaired) electrons. The molecule has 0 atom stereocenters. The summed E-state index contributed by atoms with van der Waals surface area (Å²) in [5, 5.41) is 4.45. The maximum Gasteiger partial charge on any atom is 0.203 e. The number of ether oxygens (including phenoxy) is 3. The van der Waals surface area contributed by atoms with E-state index >= 15 is 0 Å². The summed E-state index contributed by atoms with van der Waals surface area (Å²) in [6.45, 7) is 5.18. The Bertz CT molecular complexity index is 603. The van der Waals surface area contributed by atoms with Gasteiger partial charge in [-0.25, -0.2) is 0 Å². The summed E-state index contributed by atoms with van der Waals surface area (Å²) < 4.78 is 19.5. The van der Waals surface area contributed by atoms with Gasteiger partial charge in [-0.3, -0.25) is 4.68 Å². The van der Waals surface area contributed by atoms with Crippen molar-refractivity contribution in [3.63, 3.8) is 0 Å². The summed E-state index contributed by atoms with van der Waals surface area (Å²) in [7, 11) is 3.22. The zero-order valence-electron chi connectivity index (χ0n) is 12.6. The molecule has 6 heteroatoms. The monoisotopic (exact) mass is 354 g/mol. The Labute approximate surface area is 132 Å². The molecule has 0 amide bonds. The Morgan fingerprint density at radius 2 is 1.81 bits per heavy atom. The van der Waals surface area contributed by atoms with Gasteiger partial charge in [0.2, 0.25) is 5.75 Å². The minimum atomic E-state index is 0.381. The molecule has 1 heterocycles. The van der Waals surface area contributed by atoms with Crippen LogP contribution in [0.1, 0.15) is 18.3 Å². The van der Waals surface area contributed by atoms with Gasteiger partial charge < -0.3 is 14.2 Å². The highest BCUT2D eigenvalue weighted by molar-refractivity contribution is 9.10. The van der Waals surface area contributed by atoms with Gasteiger partial charge in [0.25, 0.3) is 0 Å². The van der Waals surface area contributed by atoms with Crippen molar-refractivity contribution >= 4 is 15.9 Å². The number of aryl methyl sites for hydroxylation is 2. The lowest BCUT2D eigenvalue weighted by Crippen LogP contribution is -2.07. The molecule has 0 fully saturated rings. The van der Waals surface area contributed by atoms with Crippen LogP contribution in [0.5, 0.6) is 17.2 Å². The molecule has 2 rings (SSSR count). The first kappa shape index (κ1) is 15.7. The molecule has 0 aliphatic heterocycles. The number of para-hydroxylation sites is 1. The van der Waals surface area contributed by atoms with Crippen LogP contribution in [0.2, 0.25) is 0 Å². The summed E-state index contributed by atoms with van der Waals surface area (Å²) >= 11 is 3.56. The van der Waals surface area contributed by atoms with E-state index < -0.39 is 0 Å². The summed E-state index contributed by atoms with van der Waals surface area (Å²) in [5.41, 5.74) is 1.94. The number of nitrogens with zero attached hydrogens (tertiary/aromatic N) is 2. The van der Waals surface area contributed by atoms with Gasteiger partial charge in [-0.2, -0.15) is 5.10 Å². The van der Waals surface area contributed by atoms with E-state index in [4.69, 9.17) is 14.2 Å². The molecule has 0 unspecified atom stereocenters. The maximum absolute atomic E-state index is 5.93. The number of rotatable bonds is 6. The highest BCUT2D eigenvalue weighted by Gasteiger charge is 2.16. The first-order chi connectivity index (χ1) is 10.1. The molecule has 114 valence electrons. The van der Waals surface area contributed by atoms with Crippen LogP contribution >= 0.6 is 15.9 Å². The molecule has 1 aromatic heterocycles. The molecule has 0 saturated carbocycles. The number of hydrogen-bond acceptors (Lipinski definition) is 4. The highest BCUT2D eigenvalue weighted by atomic mass is 79.9. The highest BCUT2D eigenvalue weighted by Crippen LogP contribution is 2.37. The fraction of sp³-hybridized carbons (Fsp3) is 0.400. The second-order valence-electron chi connectivity index (χ2n) is 4.44. The van der Waals surface area contributed by atoms with Crippen molar-refractivity contribution in [3.8, 4) is 17.2 Å². The molecular formula is C15H19BrN2O3. The van der Waals surface area contributed by atoms with Crippen molar-refractivity contribution in [2.45, 2.75) is 27.0 Å². The first-order valence-electron chi connectivity index (χ1n) is 6.67. The molecule has 0 N–H and O–H groups in total. The van der Waals surface area contributed by atoms with E-state index in [1.165, 1.54) is 0 Å². The van der Waals surface area contributed by atoms with Crippen LogP contribution in [0, 0.1) is 6.92 Å². The van der Waals surface area contributed by atoms with Gasteiger partial charge in [-0.05, 0) is 41.9 Å². The lowest BCUT2D eigenvalue weighted by atomic mass is 10.3. The minimum Gasteiger partial charge on any atom is -0.493 e. The van der Waals surface area contributed by atoms with Crippen molar-refractivity contribution in [2.75, 3.05) is 14.2 Å². The smallest absolute Gasteiger partial charge is 0.203 e. The lowest BCUT2D eigenvalue weighted by molar-refractivity contribution is 0.257. The number of aromatic nitrogens is 2. The Hall–Kier alpha value is -1.69. The topological polar surface area (TPSA) is 45.5 Å². The van der Waals surface area contributed by atoms with Crippen molar-refractivity contribution < 1.29 is 14.2 Å². The third-order valence-electron chi connectivity index (χ3n) is 3.19. The van der Waals surface area contributed by atoms with E-state index in [0.29, 0.717) is 23.9 Å². The van der Waals surface area contributed by atoms with Crippen molar-refractivity contribution in [3.05, 3.63) is 34.1 Å². The van der Waals surface area contributed by atoms with E-state index in [-0.39, 0.29) is 0 Å². The number of methoxy groups -OCH3 is 2. The van der Waals surface area contributed by atoms with Crippen molar-refractivity contribution in [1.29, 1.82) is 0 Å². The van der Waals surface area contributed by atoms with Crippen LogP contribution in [0.25, 0.3) is 0 Å². The maximum atomic E-state index is 5.93. The molecule has 0 saturated heterocycles. The summed E-state index contributed by atoms with van der Waals surface area (Å²) in [4.78, 5) is 0. The van der Waals surface area contributed by atoms with Gasteiger partial charge >= 0.3 is 0 Å². The minimum absolute atomic E-state index is 0.381. The SMILES string of the molecule is CCn1nc(C)c(Br)c1COc1c(OC)cccc1OC. The quantitative estimate of drug-likeness (QED) is 0.795. The van der Waals surface area contributed by atoms with Gasteiger partial charge in [0.15, 0.2) is 11.5 Å². The van der Waals surface area contributed by atoms with E-state index in [2.05, 4.69) is 21.0 Å². The van der Waals surface area contributed by atoms with Gasteiger partial charge in [0.05, 0.1) is 30.1 Å². The van der Waals surface area contributed by atoms with Gasteiger partial charge in [-0.15, -0.1) is 0 Å². The standard InChI is InChI=1S/C15H19BrN2O3/c1-5-18-11(14(16)10(2)17-18)9-21-15-12(19-3)7-6-8-13(15)20-4/h6-8H,5,9H2,1-4H3. The summed E-state index contributed by atoms with van der Waals surface area (Å²) in [6, 6.07) is 5.55. The van der Waals surface area contributed by atoms with Crippen LogP contribution in [-0.4, -0.2) is 24.0 Å². The van der Waals surface area contributed by atoms with Gasteiger partial charge in [-0.1, -0.05) is 6.07 Å². The summed E-state index contributed by atoms with van der Waals surface area (Å²) in [6.07, 6.45) is 0. The van der Waals surface area contributed by atoms with Crippen LogP contribution in [0.3, 0.4) is 0 Å². The molecule has 0 aliphatic rings. The third-order valence-corrected chi connectivity index (χ3v) is 4.22.